The molecular formula is C9H19N. The summed E-state index contributed by atoms with van der Waals surface area (Å²) in [4.78, 5) is 0. The van der Waals surface area contributed by atoms with E-state index in [0.29, 0.717) is 6.04 Å². The molecule has 0 amide bonds. The highest BCUT2D eigenvalue weighted by atomic mass is 14.9. The fraction of sp³-hybridized carbons (Fsp3) is 0.778. The van der Waals surface area contributed by atoms with Gasteiger partial charge in [-0.3, -0.25) is 0 Å². The topological polar surface area (TPSA) is 12.0 Å². The van der Waals surface area contributed by atoms with Crippen LogP contribution in [0.5, 0.6) is 0 Å². The van der Waals surface area contributed by atoms with E-state index in [2.05, 4.69) is 24.4 Å². The molecule has 1 atom stereocenters. The van der Waals surface area contributed by atoms with Crippen LogP contribution < -0.4 is 5.32 Å². The van der Waals surface area contributed by atoms with Crippen molar-refractivity contribution in [1.29, 1.82) is 0 Å². The summed E-state index contributed by atoms with van der Waals surface area (Å²) in [6, 6.07) is 0.656. The number of hydrogen-bond acceptors (Lipinski definition) is 1. The zero-order chi connectivity index (χ0) is 7.82. The molecule has 0 fully saturated rings. The van der Waals surface area contributed by atoms with E-state index in [1.165, 1.54) is 12.8 Å². The van der Waals surface area contributed by atoms with E-state index in [4.69, 9.17) is 0 Å². The molecule has 60 valence electrons. The average Bonchev–Trinajstić information content (AvgIpc) is 2.10. The Bertz CT molecular complexity index is 86.7. The molecule has 0 aromatic heterocycles. The van der Waals surface area contributed by atoms with Crippen molar-refractivity contribution in [3.63, 3.8) is 0 Å². The Morgan fingerprint density at radius 2 is 2.20 bits per heavy atom. The van der Waals surface area contributed by atoms with Gasteiger partial charge in [-0.2, -0.15) is 0 Å². The van der Waals surface area contributed by atoms with E-state index in [1.54, 1.807) is 0 Å². The Labute approximate surface area is 64.5 Å². The van der Waals surface area contributed by atoms with Crippen molar-refractivity contribution in [3.8, 4) is 0 Å². The summed E-state index contributed by atoms with van der Waals surface area (Å²) in [5.74, 6) is 0. The van der Waals surface area contributed by atoms with E-state index in [1.807, 2.05) is 13.8 Å². The minimum atomic E-state index is 0.656. The van der Waals surface area contributed by atoms with Crippen LogP contribution in [0.25, 0.3) is 0 Å². The van der Waals surface area contributed by atoms with Crippen LogP contribution in [0.4, 0.5) is 0 Å². The van der Waals surface area contributed by atoms with Crippen molar-refractivity contribution in [3.05, 3.63) is 12.2 Å². The molecule has 1 N–H and O–H groups in total. The lowest BCUT2D eigenvalue weighted by Crippen LogP contribution is -2.29. The normalized spacial score (nSPS) is 23.3. The van der Waals surface area contributed by atoms with Crippen molar-refractivity contribution >= 4 is 0 Å². The Kier molecular flexibility index (Phi) is 6.61. The van der Waals surface area contributed by atoms with E-state index in [9.17, 15) is 0 Å². The fourth-order valence-electron chi connectivity index (χ4n) is 0.961. The van der Waals surface area contributed by atoms with Crippen molar-refractivity contribution in [2.75, 3.05) is 6.54 Å². The molecule has 0 aliphatic carbocycles. The van der Waals surface area contributed by atoms with Gasteiger partial charge in [-0.15, -0.1) is 0 Å². The number of hydrogen-bond donors (Lipinski definition) is 1. The Morgan fingerprint density at radius 3 is 2.50 bits per heavy atom. The Morgan fingerprint density at radius 1 is 1.50 bits per heavy atom. The molecule has 1 nitrogen and oxygen atoms in total. The third kappa shape index (κ3) is 3.67. The largest absolute Gasteiger partial charge is 0.310 e. The van der Waals surface area contributed by atoms with Gasteiger partial charge in [-0.25, -0.2) is 0 Å². The van der Waals surface area contributed by atoms with Crippen molar-refractivity contribution in [2.45, 2.75) is 39.7 Å². The summed E-state index contributed by atoms with van der Waals surface area (Å²) >= 11 is 0. The lowest BCUT2D eigenvalue weighted by atomic mass is 10.1. The molecule has 0 radical (unpaired) electrons. The van der Waals surface area contributed by atoms with Crippen molar-refractivity contribution in [2.24, 2.45) is 0 Å². The van der Waals surface area contributed by atoms with Crippen LogP contribution in [0, 0.1) is 0 Å². The maximum absolute atomic E-state index is 3.38. The SMILES string of the molecule is CC.CCC1C=CCCN1. The monoisotopic (exact) mass is 141 g/mol. The van der Waals surface area contributed by atoms with Crippen LogP contribution in [0.3, 0.4) is 0 Å². The summed E-state index contributed by atoms with van der Waals surface area (Å²) < 4.78 is 0. The van der Waals surface area contributed by atoms with Crippen molar-refractivity contribution < 1.29 is 0 Å². The first-order chi connectivity index (χ1) is 4.93. The highest BCUT2D eigenvalue weighted by Crippen LogP contribution is 1.99. The zero-order valence-corrected chi connectivity index (χ0v) is 7.35. The quantitative estimate of drug-likeness (QED) is 0.553. The molecule has 10 heavy (non-hydrogen) atoms. The third-order valence-electron chi connectivity index (χ3n) is 1.53. The van der Waals surface area contributed by atoms with Gasteiger partial charge in [-0.1, -0.05) is 32.9 Å². The minimum absolute atomic E-state index is 0.656. The molecular weight excluding hydrogens is 122 g/mol. The smallest absolute Gasteiger partial charge is 0.0247 e. The highest BCUT2D eigenvalue weighted by molar-refractivity contribution is 4.96. The number of rotatable bonds is 1. The van der Waals surface area contributed by atoms with Crippen LogP contribution in [0.2, 0.25) is 0 Å². The first-order valence-electron chi connectivity index (χ1n) is 4.33. The van der Waals surface area contributed by atoms with Crippen molar-refractivity contribution in [1.82, 2.24) is 5.32 Å². The molecule has 0 saturated heterocycles. The van der Waals surface area contributed by atoms with Gasteiger partial charge >= 0.3 is 0 Å². The molecule has 1 heteroatoms. The van der Waals surface area contributed by atoms with Crippen LogP contribution >= 0.6 is 0 Å². The molecule has 0 aromatic rings. The molecule has 1 heterocycles. The lowest BCUT2D eigenvalue weighted by molar-refractivity contribution is 0.562. The summed E-state index contributed by atoms with van der Waals surface area (Å²) in [5, 5.41) is 3.38. The van der Waals surface area contributed by atoms with Gasteiger partial charge in [0, 0.05) is 6.04 Å². The second-order valence-electron chi connectivity index (χ2n) is 2.19. The number of nitrogens with one attached hydrogen (secondary N) is 1. The van der Waals surface area contributed by atoms with Gasteiger partial charge in [0.15, 0.2) is 0 Å². The summed E-state index contributed by atoms with van der Waals surface area (Å²) in [6.45, 7) is 7.36. The van der Waals surface area contributed by atoms with Gasteiger partial charge in [0.05, 0.1) is 0 Å². The standard InChI is InChI=1S/C7H13N.C2H6/c1-2-7-5-3-4-6-8-7;1-2/h3,5,7-8H,2,4,6H2,1H3;1-2H3. The minimum Gasteiger partial charge on any atom is -0.310 e. The predicted octanol–water partition coefficient (Wildman–Crippen LogP) is 2.34. The lowest BCUT2D eigenvalue weighted by Gasteiger charge is -2.15. The molecule has 0 aromatic carbocycles. The molecule has 1 aliphatic rings. The predicted molar refractivity (Wildman–Crippen MR) is 47.2 cm³/mol. The average molecular weight is 141 g/mol. The molecule has 1 rings (SSSR count). The first kappa shape index (κ1) is 9.70. The third-order valence-corrected chi connectivity index (χ3v) is 1.53. The maximum Gasteiger partial charge on any atom is 0.0247 e. The first-order valence-corrected chi connectivity index (χ1v) is 4.33. The Hall–Kier alpha value is -0.300. The van der Waals surface area contributed by atoms with Gasteiger partial charge in [0.2, 0.25) is 0 Å². The van der Waals surface area contributed by atoms with Crippen LogP contribution in [0.15, 0.2) is 12.2 Å². The van der Waals surface area contributed by atoms with Gasteiger partial charge in [0.1, 0.15) is 0 Å². The van der Waals surface area contributed by atoms with E-state index in [0.717, 1.165) is 6.54 Å². The molecule has 1 unspecified atom stereocenters. The molecule has 0 bridgehead atoms. The summed E-state index contributed by atoms with van der Waals surface area (Å²) in [6.07, 6.45) is 6.93. The van der Waals surface area contributed by atoms with E-state index in [-0.39, 0.29) is 0 Å². The maximum atomic E-state index is 3.38. The second-order valence-corrected chi connectivity index (χ2v) is 2.19. The molecule has 1 aliphatic heterocycles. The summed E-state index contributed by atoms with van der Waals surface area (Å²) in [7, 11) is 0. The van der Waals surface area contributed by atoms with Crippen LogP contribution in [0.1, 0.15) is 33.6 Å². The fourth-order valence-corrected chi connectivity index (χ4v) is 0.961. The van der Waals surface area contributed by atoms with Gasteiger partial charge < -0.3 is 5.32 Å². The van der Waals surface area contributed by atoms with Gasteiger partial charge in [0.25, 0.3) is 0 Å². The van der Waals surface area contributed by atoms with E-state index >= 15 is 0 Å². The van der Waals surface area contributed by atoms with Gasteiger partial charge in [-0.05, 0) is 19.4 Å². The molecule has 0 saturated carbocycles. The zero-order valence-electron chi connectivity index (χ0n) is 7.35. The van der Waals surface area contributed by atoms with Crippen LogP contribution in [-0.2, 0) is 0 Å². The highest BCUT2D eigenvalue weighted by Gasteiger charge is 2.01. The summed E-state index contributed by atoms with van der Waals surface area (Å²) in [5.41, 5.74) is 0. The molecule has 0 spiro atoms. The van der Waals surface area contributed by atoms with E-state index < -0.39 is 0 Å². The Balaban J connectivity index is 0.000000371. The van der Waals surface area contributed by atoms with Crippen LogP contribution in [-0.4, -0.2) is 12.6 Å². The second kappa shape index (κ2) is 6.81.